The monoisotopic (exact) mass is 304 g/mol. The molecule has 5 nitrogen and oxygen atoms in total. The van der Waals surface area contributed by atoms with Crippen LogP contribution in [0.5, 0.6) is 5.75 Å². The van der Waals surface area contributed by atoms with Gasteiger partial charge in [-0.1, -0.05) is 18.2 Å². The minimum absolute atomic E-state index is 0.0639. The molecular formula is C17H24N2O3. The number of carbonyl (C=O) groups is 1. The Morgan fingerprint density at radius 3 is 2.86 bits per heavy atom. The summed E-state index contributed by atoms with van der Waals surface area (Å²) in [4.78, 5) is 14.5. The number of hydrogen-bond donors (Lipinski definition) is 1. The highest BCUT2D eigenvalue weighted by Gasteiger charge is 2.25. The molecule has 0 radical (unpaired) electrons. The molecule has 1 atom stereocenters. The summed E-state index contributed by atoms with van der Waals surface area (Å²) in [5.41, 5.74) is 1.08. The summed E-state index contributed by atoms with van der Waals surface area (Å²) in [6, 6.07) is 8.01. The van der Waals surface area contributed by atoms with Crippen LogP contribution in [0.25, 0.3) is 0 Å². The number of nitrogens with zero attached hydrogens (tertiary/aromatic N) is 1. The lowest BCUT2D eigenvalue weighted by molar-refractivity contribution is -0.123. The van der Waals surface area contributed by atoms with Crippen LogP contribution in [-0.2, 0) is 9.53 Å². The number of benzene rings is 1. The van der Waals surface area contributed by atoms with Crippen molar-refractivity contribution < 1.29 is 14.3 Å². The fourth-order valence-electron chi connectivity index (χ4n) is 3.24. The largest absolute Gasteiger partial charge is 0.493 e. The molecule has 2 aliphatic rings. The van der Waals surface area contributed by atoms with Gasteiger partial charge in [0.25, 0.3) is 0 Å². The number of piperidine rings is 1. The fraction of sp³-hybridized carbons (Fsp3) is 0.588. The number of fused-ring (bicyclic) bond motifs is 1. The van der Waals surface area contributed by atoms with E-state index in [1.54, 1.807) is 7.11 Å². The van der Waals surface area contributed by atoms with E-state index in [4.69, 9.17) is 9.47 Å². The number of rotatable bonds is 4. The highest BCUT2D eigenvalue weighted by molar-refractivity contribution is 5.78. The summed E-state index contributed by atoms with van der Waals surface area (Å²) in [5.74, 6) is 0.984. The number of methoxy groups -OCH3 is 1. The summed E-state index contributed by atoms with van der Waals surface area (Å²) in [7, 11) is 1.76. The highest BCUT2D eigenvalue weighted by Crippen LogP contribution is 2.31. The average Bonchev–Trinajstić information content (AvgIpc) is 2.56. The van der Waals surface area contributed by atoms with Gasteiger partial charge in [0.2, 0.25) is 5.91 Å². The van der Waals surface area contributed by atoms with Crippen molar-refractivity contribution in [2.24, 2.45) is 0 Å². The smallest absolute Gasteiger partial charge is 0.234 e. The predicted octanol–water partition coefficient (Wildman–Crippen LogP) is 1.74. The summed E-state index contributed by atoms with van der Waals surface area (Å²) in [5, 5.41) is 3.16. The molecule has 1 unspecified atom stereocenters. The number of para-hydroxylation sites is 1. The molecule has 0 bridgehead atoms. The first-order valence-corrected chi connectivity index (χ1v) is 8.02. The van der Waals surface area contributed by atoms with E-state index in [9.17, 15) is 4.79 Å². The van der Waals surface area contributed by atoms with Gasteiger partial charge < -0.3 is 14.8 Å². The lowest BCUT2D eigenvalue weighted by atomic mass is 10.0. The fourth-order valence-corrected chi connectivity index (χ4v) is 3.24. The summed E-state index contributed by atoms with van der Waals surface area (Å²) < 4.78 is 11.0. The molecule has 22 heavy (non-hydrogen) atoms. The number of nitrogens with one attached hydrogen (secondary N) is 1. The molecule has 5 heteroatoms. The quantitative estimate of drug-likeness (QED) is 0.920. The Morgan fingerprint density at radius 2 is 2.09 bits per heavy atom. The van der Waals surface area contributed by atoms with Gasteiger partial charge in [0, 0.05) is 32.2 Å². The third-order valence-corrected chi connectivity index (χ3v) is 4.53. The van der Waals surface area contributed by atoms with Crippen LogP contribution in [0.2, 0.25) is 0 Å². The molecule has 3 rings (SSSR count). The van der Waals surface area contributed by atoms with Crippen molar-refractivity contribution in [1.29, 1.82) is 0 Å². The first kappa shape index (κ1) is 15.3. The van der Waals surface area contributed by atoms with E-state index in [1.807, 2.05) is 24.3 Å². The third-order valence-electron chi connectivity index (χ3n) is 4.53. The van der Waals surface area contributed by atoms with Crippen LogP contribution in [-0.4, -0.2) is 50.3 Å². The molecule has 1 aromatic rings. The first-order chi connectivity index (χ1) is 10.8. The second kappa shape index (κ2) is 7.11. The van der Waals surface area contributed by atoms with Crippen molar-refractivity contribution in [1.82, 2.24) is 10.2 Å². The van der Waals surface area contributed by atoms with E-state index < -0.39 is 0 Å². The Kier molecular flexibility index (Phi) is 4.95. The number of likely N-dealkylation sites (tertiary alicyclic amines) is 1. The predicted molar refractivity (Wildman–Crippen MR) is 83.9 cm³/mol. The molecular weight excluding hydrogens is 280 g/mol. The van der Waals surface area contributed by atoms with Crippen LogP contribution in [0.15, 0.2) is 24.3 Å². The molecule has 0 aromatic heterocycles. The van der Waals surface area contributed by atoms with Crippen LogP contribution in [0.1, 0.15) is 30.9 Å². The van der Waals surface area contributed by atoms with E-state index in [0.29, 0.717) is 19.3 Å². The molecule has 1 fully saturated rings. The molecule has 0 saturated carbocycles. The lowest BCUT2D eigenvalue weighted by Crippen LogP contribution is -2.44. The van der Waals surface area contributed by atoms with Crippen molar-refractivity contribution in [2.45, 2.75) is 31.4 Å². The average molecular weight is 304 g/mol. The normalized spacial score (nSPS) is 22.7. The van der Waals surface area contributed by atoms with Crippen LogP contribution >= 0.6 is 0 Å². The minimum atomic E-state index is 0.0639. The standard InChI is InChI=1S/C17H24N2O3/c1-21-13-6-9-19(10-7-13)12-17(20)18-15-8-11-22-16-5-3-2-4-14(15)16/h2-5,13,15H,6-12H2,1H3,(H,18,20). The molecule has 1 amide bonds. The maximum atomic E-state index is 12.3. The van der Waals surface area contributed by atoms with Gasteiger partial charge in [-0.05, 0) is 18.9 Å². The number of carbonyl (C=O) groups excluding carboxylic acids is 1. The lowest BCUT2D eigenvalue weighted by Gasteiger charge is -2.32. The van der Waals surface area contributed by atoms with Gasteiger partial charge in [0.05, 0.1) is 25.3 Å². The van der Waals surface area contributed by atoms with Crippen LogP contribution in [0, 0.1) is 0 Å². The van der Waals surface area contributed by atoms with E-state index in [0.717, 1.165) is 43.7 Å². The van der Waals surface area contributed by atoms with E-state index in [1.165, 1.54) is 0 Å². The van der Waals surface area contributed by atoms with Gasteiger partial charge in [0.1, 0.15) is 5.75 Å². The van der Waals surface area contributed by atoms with Crippen LogP contribution in [0.3, 0.4) is 0 Å². The molecule has 2 heterocycles. The van der Waals surface area contributed by atoms with Crippen LogP contribution < -0.4 is 10.1 Å². The van der Waals surface area contributed by atoms with E-state index >= 15 is 0 Å². The molecule has 120 valence electrons. The van der Waals surface area contributed by atoms with Crippen LogP contribution in [0.4, 0.5) is 0 Å². The van der Waals surface area contributed by atoms with Gasteiger partial charge in [0.15, 0.2) is 0 Å². The van der Waals surface area contributed by atoms with Gasteiger partial charge in [-0.25, -0.2) is 0 Å². The van der Waals surface area contributed by atoms with E-state index in [-0.39, 0.29) is 11.9 Å². The van der Waals surface area contributed by atoms with Gasteiger partial charge in [-0.2, -0.15) is 0 Å². The van der Waals surface area contributed by atoms with Crippen molar-refractivity contribution in [2.75, 3.05) is 33.4 Å². The zero-order valence-electron chi connectivity index (χ0n) is 13.1. The maximum Gasteiger partial charge on any atom is 0.234 e. The second-order valence-corrected chi connectivity index (χ2v) is 6.01. The SMILES string of the molecule is COC1CCN(CC(=O)NC2CCOc3ccccc32)CC1. The van der Waals surface area contributed by atoms with E-state index in [2.05, 4.69) is 10.2 Å². The first-order valence-electron chi connectivity index (χ1n) is 8.02. The molecule has 1 saturated heterocycles. The van der Waals surface area contributed by atoms with Gasteiger partial charge in [-0.3, -0.25) is 9.69 Å². The zero-order valence-corrected chi connectivity index (χ0v) is 13.1. The molecule has 1 N–H and O–H groups in total. The highest BCUT2D eigenvalue weighted by atomic mass is 16.5. The maximum absolute atomic E-state index is 12.3. The van der Waals surface area contributed by atoms with Gasteiger partial charge in [-0.15, -0.1) is 0 Å². The second-order valence-electron chi connectivity index (χ2n) is 6.01. The summed E-state index contributed by atoms with van der Waals surface area (Å²) in [6.45, 7) is 2.98. The Hall–Kier alpha value is -1.59. The molecule has 0 spiro atoms. The summed E-state index contributed by atoms with van der Waals surface area (Å²) in [6.07, 6.45) is 3.18. The van der Waals surface area contributed by atoms with Crippen molar-refractivity contribution in [3.63, 3.8) is 0 Å². The number of amides is 1. The Morgan fingerprint density at radius 1 is 1.32 bits per heavy atom. The zero-order chi connectivity index (χ0) is 15.4. The number of hydrogen-bond acceptors (Lipinski definition) is 4. The molecule has 0 aliphatic carbocycles. The molecule has 1 aromatic carbocycles. The Labute approximate surface area is 131 Å². The number of ether oxygens (including phenoxy) is 2. The topological polar surface area (TPSA) is 50.8 Å². The van der Waals surface area contributed by atoms with Crippen molar-refractivity contribution in [3.05, 3.63) is 29.8 Å². The Balaban J connectivity index is 1.53. The third kappa shape index (κ3) is 3.59. The molecule has 2 aliphatic heterocycles. The summed E-state index contributed by atoms with van der Waals surface area (Å²) >= 11 is 0. The Bertz CT molecular complexity index is 512. The van der Waals surface area contributed by atoms with Crippen molar-refractivity contribution >= 4 is 5.91 Å². The van der Waals surface area contributed by atoms with Gasteiger partial charge >= 0.3 is 0 Å². The minimum Gasteiger partial charge on any atom is -0.493 e. The van der Waals surface area contributed by atoms with Crippen molar-refractivity contribution in [3.8, 4) is 5.75 Å².